The van der Waals surface area contributed by atoms with Crippen molar-refractivity contribution < 1.29 is 0 Å². The Morgan fingerprint density at radius 3 is 1.00 bits per heavy atom. The maximum absolute atomic E-state index is 2.55. The molecule has 0 aliphatic rings. The topological polar surface area (TPSA) is 0 Å². The Bertz CT molecular complexity index is 125. The van der Waals surface area contributed by atoms with Gasteiger partial charge in [0.1, 0.15) is 0 Å². The summed E-state index contributed by atoms with van der Waals surface area (Å²) in [6.45, 7) is 20.3. The second-order valence-corrected chi connectivity index (χ2v) is 21.3. The summed E-state index contributed by atoms with van der Waals surface area (Å²) in [6, 6.07) is 0. The van der Waals surface area contributed by atoms with Crippen LogP contribution in [0.25, 0.3) is 0 Å². The first-order valence-corrected chi connectivity index (χ1v) is 14.6. The van der Waals surface area contributed by atoms with Crippen LogP contribution >= 0.6 is 0 Å². The van der Waals surface area contributed by atoms with Crippen molar-refractivity contribution in [2.24, 2.45) is 0 Å². The van der Waals surface area contributed by atoms with E-state index in [1.165, 1.54) is 0 Å². The maximum atomic E-state index is 2.55. The maximum Gasteiger partial charge on any atom is 0.0419 e. The molecule has 0 saturated carbocycles. The Morgan fingerprint density at radius 2 is 1.00 bits per heavy atom. The third-order valence-electron chi connectivity index (χ3n) is 2.31. The minimum absolute atomic E-state index is 0.0643. The van der Waals surface area contributed by atoms with Gasteiger partial charge in [0.2, 0.25) is 0 Å². The minimum Gasteiger partial charge on any atom is -0.0715 e. The summed E-state index contributed by atoms with van der Waals surface area (Å²) in [5, 5.41) is 0. The third-order valence-corrected chi connectivity index (χ3v) is 20.8. The summed E-state index contributed by atoms with van der Waals surface area (Å²) >= 11 is 0. The highest BCUT2D eigenvalue weighted by atomic mass is 28.4. The summed E-state index contributed by atoms with van der Waals surface area (Å²) in [5.74, 6) is 0. The van der Waals surface area contributed by atoms with E-state index in [0.29, 0.717) is 0 Å². The zero-order chi connectivity index (χ0) is 10.2. The number of rotatable bonds is 3. The van der Waals surface area contributed by atoms with Crippen LogP contribution in [0.5, 0.6) is 0 Å². The quantitative estimate of drug-likeness (QED) is 0.630. The molecular weight excluding hydrogens is 192 g/mol. The van der Waals surface area contributed by atoms with E-state index in [1.54, 1.807) is 0 Å². The zero-order valence-electron chi connectivity index (χ0n) is 10.1. The molecule has 0 atom stereocenters. The Balaban J connectivity index is 4.70. The molecule has 0 amide bonds. The molecule has 1 radical (unpaired) electrons. The predicted molar refractivity (Wildman–Crippen MR) is 67.9 cm³/mol. The third kappa shape index (κ3) is 3.58. The average molecular weight is 218 g/mol. The predicted octanol–water partition coefficient (Wildman–Crippen LogP) is 3.87. The zero-order valence-corrected chi connectivity index (χ0v) is 13.1. The lowest BCUT2D eigenvalue weighted by Gasteiger charge is -2.40. The fraction of sp³-hybridized carbons (Fsp3) is 1.00. The molecule has 0 aromatic heterocycles. The lowest BCUT2D eigenvalue weighted by atomic mass is 11.7. The molecule has 0 aromatic rings. The van der Waals surface area contributed by atoms with E-state index < -0.39 is 16.1 Å². The SMILES string of the molecule is C[Si](C)C([Si](C)(C)C)[Si](C)(C)C. The van der Waals surface area contributed by atoms with E-state index in [0.717, 1.165) is 4.79 Å². The van der Waals surface area contributed by atoms with Crippen LogP contribution in [-0.4, -0.2) is 24.9 Å². The van der Waals surface area contributed by atoms with Crippen molar-refractivity contribution in [3.8, 4) is 0 Å². The van der Waals surface area contributed by atoms with Gasteiger partial charge in [-0.25, -0.2) is 0 Å². The lowest BCUT2D eigenvalue weighted by molar-refractivity contribution is 1.39. The molecule has 0 spiro atoms. The van der Waals surface area contributed by atoms with Crippen LogP contribution < -0.4 is 0 Å². The van der Waals surface area contributed by atoms with E-state index in [2.05, 4.69) is 52.4 Å². The van der Waals surface area contributed by atoms with E-state index in [1.807, 2.05) is 0 Å². The van der Waals surface area contributed by atoms with Gasteiger partial charge in [0.05, 0.1) is 0 Å². The van der Waals surface area contributed by atoms with Crippen molar-refractivity contribution in [2.45, 2.75) is 57.2 Å². The molecule has 0 N–H and O–H groups in total. The number of hydrogen-bond donors (Lipinski definition) is 0. The van der Waals surface area contributed by atoms with E-state index in [9.17, 15) is 0 Å². The summed E-state index contributed by atoms with van der Waals surface area (Å²) in [6.07, 6.45) is 0. The average Bonchev–Trinajstić information content (AvgIpc) is 1.49. The van der Waals surface area contributed by atoms with Gasteiger partial charge in [-0.2, -0.15) is 0 Å². The van der Waals surface area contributed by atoms with Gasteiger partial charge < -0.3 is 0 Å². The van der Waals surface area contributed by atoms with Crippen LogP contribution in [0.15, 0.2) is 0 Å². The first kappa shape index (κ1) is 12.7. The van der Waals surface area contributed by atoms with Crippen molar-refractivity contribution in [2.75, 3.05) is 0 Å². The highest BCUT2D eigenvalue weighted by Gasteiger charge is 2.39. The smallest absolute Gasteiger partial charge is 0.0419 e. The first-order valence-electron chi connectivity index (χ1n) is 4.87. The van der Waals surface area contributed by atoms with Crippen LogP contribution in [0, 0.1) is 0 Å². The van der Waals surface area contributed by atoms with Crippen molar-refractivity contribution in [1.29, 1.82) is 0 Å². The molecule has 0 bridgehead atoms. The van der Waals surface area contributed by atoms with E-state index in [-0.39, 0.29) is 8.80 Å². The van der Waals surface area contributed by atoms with Gasteiger partial charge in [-0.1, -0.05) is 57.2 Å². The molecular formula is C9H25Si3. The Kier molecular flexibility index (Phi) is 4.01. The molecule has 0 fully saturated rings. The van der Waals surface area contributed by atoms with Crippen molar-refractivity contribution in [3.05, 3.63) is 0 Å². The second-order valence-electron chi connectivity index (χ2n) is 6.24. The van der Waals surface area contributed by atoms with Gasteiger partial charge in [0, 0.05) is 24.9 Å². The molecule has 3 heteroatoms. The normalized spacial score (nSPS) is 14.5. The van der Waals surface area contributed by atoms with Gasteiger partial charge in [-0.15, -0.1) is 0 Å². The molecule has 0 nitrogen and oxygen atoms in total. The molecule has 0 aromatic carbocycles. The van der Waals surface area contributed by atoms with Gasteiger partial charge in [0.15, 0.2) is 0 Å². The minimum atomic E-state index is -0.878. The van der Waals surface area contributed by atoms with Crippen LogP contribution in [0.1, 0.15) is 0 Å². The Labute approximate surface area is 82.4 Å². The standard InChI is InChI=1S/C9H25Si3/c1-10(2)9(11(3,4)5)12(6,7)8/h9H,1-8H3. The molecule has 73 valence electrons. The fourth-order valence-electron chi connectivity index (χ4n) is 3.03. The molecule has 12 heavy (non-hydrogen) atoms. The van der Waals surface area contributed by atoms with E-state index >= 15 is 0 Å². The summed E-state index contributed by atoms with van der Waals surface area (Å²) in [4.78, 5) is 1.16. The van der Waals surface area contributed by atoms with Crippen molar-refractivity contribution in [3.63, 3.8) is 0 Å². The lowest BCUT2D eigenvalue weighted by Crippen LogP contribution is -2.49. The Morgan fingerprint density at radius 1 is 0.750 bits per heavy atom. The first-order chi connectivity index (χ1) is 5.07. The molecule has 0 heterocycles. The highest BCUT2D eigenvalue weighted by Crippen LogP contribution is 2.34. The highest BCUT2D eigenvalue weighted by molar-refractivity contribution is 7.07. The van der Waals surface area contributed by atoms with Crippen LogP contribution in [0.4, 0.5) is 0 Å². The molecule has 0 rings (SSSR count). The molecule has 0 saturated heterocycles. The number of hydrogen-bond acceptors (Lipinski definition) is 0. The van der Waals surface area contributed by atoms with Gasteiger partial charge in [0.25, 0.3) is 0 Å². The summed E-state index contributed by atoms with van der Waals surface area (Å²) < 4.78 is 0. The summed E-state index contributed by atoms with van der Waals surface area (Å²) in [7, 11) is -1.82. The van der Waals surface area contributed by atoms with Gasteiger partial charge >= 0.3 is 0 Å². The molecule has 0 aliphatic heterocycles. The monoisotopic (exact) mass is 217 g/mol. The molecule has 0 unspecified atom stereocenters. The van der Waals surface area contributed by atoms with Crippen LogP contribution in [0.2, 0.25) is 57.2 Å². The summed E-state index contributed by atoms with van der Waals surface area (Å²) in [5.41, 5.74) is 0. The van der Waals surface area contributed by atoms with Gasteiger partial charge in [-0.3, -0.25) is 0 Å². The van der Waals surface area contributed by atoms with E-state index in [4.69, 9.17) is 0 Å². The largest absolute Gasteiger partial charge is 0.0715 e. The Hall–Kier alpha value is 0.651. The van der Waals surface area contributed by atoms with Gasteiger partial charge in [-0.05, 0) is 0 Å². The molecule has 0 aliphatic carbocycles. The van der Waals surface area contributed by atoms with Crippen LogP contribution in [0.3, 0.4) is 0 Å². The fourth-order valence-corrected chi connectivity index (χ4v) is 27.3. The van der Waals surface area contributed by atoms with Crippen molar-refractivity contribution >= 4 is 24.9 Å². The van der Waals surface area contributed by atoms with Crippen LogP contribution in [-0.2, 0) is 0 Å². The van der Waals surface area contributed by atoms with Crippen molar-refractivity contribution in [1.82, 2.24) is 0 Å². The second kappa shape index (κ2) is 3.80.